The Labute approximate surface area is 121 Å². The van der Waals surface area contributed by atoms with Crippen LogP contribution in [-0.2, 0) is 12.6 Å². The number of para-hydroxylation sites is 1. The summed E-state index contributed by atoms with van der Waals surface area (Å²) in [6.07, 6.45) is -3.74. The van der Waals surface area contributed by atoms with Gasteiger partial charge in [0.1, 0.15) is 0 Å². The third kappa shape index (κ3) is 2.50. The van der Waals surface area contributed by atoms with Crippen LogP contribution in [0.3, 0.4) is 0 Å². The molecular weight excluding hydrogens is 275 g/mol. The van der Waals surface area contributed by atoms with Crippen LogP contribution in [-0.4, -0.2) is 0 Å². The number of anilines is 1. The van der Waals surface area contributed by atoms with E-state index in [1.54, 1.807) is 6.07 Å². The van der Waals surface area contributed by atoms with Crippen molar-refractivity contribution in [2.24, 2.45) is 0 Å². The first-order valence-electron chi connectivity index (χ1n) is 6.89. The summed E-state index contributed by atoms with van der Waals surface area (Å²) in [6, 6.07) is 10.3. The van der Waals surface area contributed by atoms with Crippen molar-refractivity contribution in [1.82, 2.24) is 0 Å². The molecule has 21 heavy (non-hydrogen) atoms. The Balaban J connectivity index is 1.98. The number of hydrogen-bond acceptors (Lipinski definition) is 1. The topological polar surface area (TPSA) is 12.0 Å². The Bertz CT molecular complexity index is 689. The molecule has 0 saturated carbocycles. The van der Waals surface area contributed by atoms with Crippen molar-refractivity contribution in [3.8, 4) is 0 Å². The highest BCUT2D eigenvalue weighted by molar-refractivity contribution is 5.64. The molecule has 1 heterocycles. The predicted octanol–water partition coefficient (Wildman–Crippen LogP) is 5.03. The smallest absolute Gasteiger partial charge is 0.377 e. The lowest BCUT2D eigenvalue weighted by molar-refractivity contribution is -0.136. The summed E-state index contributed by atoms with van der Waals surface area (Å²) < 4.78 is 39.2. The molecule has 1 N–H and O–H groups in total. The zero-order valence-corrected chi connectivity index (χ0v) is 11.9. The van der Waals surface area contributed by atoms with Gasteiger partial charge < -0.3 is 5.32 Å². The largest absolute Gasteiger partial charge is 0.418 e. The average molecular weight is 291 g/mol. The number of halogens is 3. The number of fused-ring (bicyclic) bond motifs is 1. The van der Waals surface area contributed by atoms with Gasteiger partial charge in [0.2, 0.25) is 0 Å². The van der Waals surface area contributed by atoms with Gasteiger partial charge in [0.15, 0.2) is 0 Å². The van der Waals surface area contributed by atoms with Gasteiger partial charge in [-0.25, -0.2) is 0 Å². The van der Waals surface area contributed by atoms with Crippen LogP contribution >= 0.6 is 0 Å². The molecule has 4 heteroatoms. The van der Waals surface area contributed by atoms with Gasteiger partial charge in [-0.05, 0) is 43.0 Å². The monoisotopic (exact) mass is 291 g/mol. The van der Waals surface area contributed by atoms with E-state index in [1.807, 2.05) is 26.0 Å². The second kappa shape index (κ2) is 4.79. The normalized spacial score (nSPS) is 17.5. The number of benzene rings is 2. The third-order valence-electron chi connectivity index (χ3n) is 4.00. The van der Waals surface area contributed by atoms with Crippen LogP contribution in [0.2, 0.25) is 0 Å². The van der Waals surface area contributed by atoms with E-state index in [0.29, 0.717) is 6.42 Å². The van der Waals surface area contributed by atoms with E-state index in [1.165, 1.54) is 6.07 Å². The van der Waals surface area contributed by atoms with Crippen molar-refractivity contribution in [2.75, 3.05) is 5.32 Å². The Morgan fingerprint density at radius 1 is 1.10 bits per heavy atom. The van der Waals surface area contributed by atoms with Gasteiger partial charge in [0, 0.05) is 0 Å². The lowest BCUT2D eigenvalue weighted by atomic mass is 9.97. The standard InChI is InChI=1S/C17H16F3N/c1-10-6-7-13(11(2)8-10)15-9-12-4-3-5-14(16(12)21-15)17(18,19)20/h3-8,15,21H,9H2,1-2H3. The van der Waals surface area contributed by atoms with Crippen LogP contribution in [0.25, 0.3) is 0 Å². The summed E-state index contributed by atoms with van der Waals surface area (Å²) in [5.74, 6) is 0. The average Bonchev–Trinajstić information content (AvgIpc) is 2.80. The maximum absolute atomic E-state index is 13.1. The Morgan fingerprint density at radius 2 is 1.86 bits per heavy atom. The van der Waals surface area contributed by atoms with E-state index in [-0.39, 0.29) is 11.7 Å². The van der Waals surface area contributed by atoms with Crippen molar-refractivity contribution in [1.29, 1.82) is 0 Å². The molecule has 1 nitrogen and oxygen atoms in total. The molecule has 0 bridgehead atoms. The molecule has 1 aliphatic rings. The first kappa shape index (κ1) is 14.0. The molecule has 3 rings (SSSR count). The molecule has 0 fully saturated rings. The maximum atomic E-state index is 13.1. The van der Waals surface area contributed by atoms with E-state index in [2.05, 4.69) is 11.4 Å². The highest BCUT2D eigenvalue weighted by Crippen LogP contribution is 2.43. The van der Waals surface area contributed by atoms with Gasteiger partial charge in [-0.1, -0.05) is 35.9 Å². The summed E-state index contributed by atoms with van der Waals surface area (Å²) >= 11 is 0. The van der Waals surface area contributed by atoms with Crippen LogP contribution < -0.4 is 5.32 Å². The summed E-state index contributed by atoms with van der Waals surface area (Å²) in [5.41, 5.74) is 3.71. The second-order valence-corrected chi connectivity index (χ2v) is 5.60. The predicted molar refractivity (Wildman–Crippen MR) is 77.4 cm³/mol. The molecule has 1 aliphatic heterocycles. The van der Waals surface area contributed by atoms with Crippen LogP contribution in [0.5, 0.6) is 0 Å². The lowest BCUT2D eigenvalue weighted by Gasteiger charge is -2.17. The Morgan fingerprint density at radius 3 is 2.52 bits per heavy atom. The molecule has 0 aliphatic carbocycles. The fraction of sp³-hybridized carbons (Fsp3) is 0.294. The quantitative estimate of drug-likeness (QED) is 0.777. The third-order valence-corrected chi connectivity index (χ3v) is 4.00. The molecule has 110 valence electrons. The number of nitrogens with one attached hydrogen (secondary N) is 1. The number of hydrogen-bond donors (Lipinski definition) is 1. The molecule has 1 atom stereocenters. The van der Waals surface area contributed by atoms with Gasteiger partial charge in [-0.2, -0.15) is 13.2 Å². The summed E-state index contributed by atoms with van der Waals surface area (Å²) in [7, 11) is 0. The zero-order valence-electron chi connectivity index (χ0n) is 11.9. The minimum Gasteiger partial charge on any atom is -0.377 e. The van der Waals surface area contributed by atoms with Gasteiger partial charge in [-0.3, -0.25) is 0 Å². The fourth-order valence-electron chi connectivity index (χ4n) is 3.03. The molecule has 0 spiro atoms. The van der Waals surface area contributed by atoms with E-state index < -0.39 is 11.7 Å². The van der Waals surface area contributed by atoms with Crippen LogP contribution in [0.4, 0.5) is 18.9 Å². The number of aryl methyl sites for hydroxylation is 2. The Hall–Kier alpha value is -1.97. The highest BCUT2D eigenvalue weighted by atomic mass is 19.4. The van der Waals surface area contributed by atoms with Crippen molar-refractivity contribution >= 4 is 5.69 Å². The van der Waals surface area contributed by atoms with Crippen molar-refractivity contribution < 1.29 is 13.2 Å². The number of rotatable bonds is 1. The van der Waals surface area contributed by atoms with E-state index in [4.69, 9.17) is 0 Å². The molecule has 0 saturated heterocycles. The van der Waals surface area contributed by atoms with E-state index in [9.17, 15) is 13.2 Å². The zero-order chi connectivity index (χ0) is 15.2. The SMILES string of the molecule is Cc1ccc(C2Cc3cccc(C(F)(F)F)c3N2)c(C)c1. The molecule has 0 radical (unpaired) electrons. The minimum atomic E-state index is -4.32. The van der Waals surface area contributed by atoms with Crippen molar-refractivity contribution in [2.45, 2.75) is 32.5 Å². The fourth-order valence-corrected chi connectivity index (χ4v) is 3.03. The second-order valence-electron chi connectivity index (χ2n) is 5.60. The minimum absolute atomic E-state index is 0.0934. The summed E-state index contributed by atoms with van der Waals surface area (Å²) in [5, 5.41) is 3.07. The maximum Gasteiger partial charge on any atom is 0.418 e. The van der Waals surface area contributed by atoms with Crippen LogP contribution in [0, 0.1) is 13.8 Å². The van der Waals surface area contributed by atoms with E-state index in [0.717, 1.165) is 28.3 Å². The van der Waals surface area contributed by atoms with Gasteiger partial charge >= 0.3 is 6.18 Å². The first-order chi connectivity index (χ1) is 9.86. The number of alkyl halides is 3. The molecular formula is C17H16F3N. The van der Waals surface area contributed by atoms with Gasteiger partial charge in [0.05, 0.1) is 17.3 Å². The van der Waals surface area contributed by atoms with Crippen molar-refractivity contribution in [3.05, 3.63) is 64.2 Å². The highest BCUT2D eigenvalue weighted by Gasteiger charge is 2.37. The van der Waals surface area contributed by atoms with Crippen LogP contribution in [0.15, 0.2) is 36.4 Å². The van der Waals surface area contributed by atoms with E-state index >= 15 is 0 Å². The van der Waals surface area contributed by atoms with Gasteiger partial charge in [0.25, 0.3) is 0 Å². The van der Waals surface area contributed by atoms with Crippen molar-refractivity contribution in [3.63, 3.8) is 0 Å². The molecule has 2 aromatic rings. The summed E-state index contributed by atoms with van der Waals surface area (Å²) in [6.45, 7) is 4.01. The summed E-state index contributed by atoms with van der Waals surface area (Å²) in [4.78, 5) is 0. The molecule has 0 aromatic heterocycles. The lowest BCUT2D eigenvalue weighted by Crippen LogP contribution is -2.11. The Kier molecular flexibility index (Phi) is 3.19. The first-order valence-corrected chi connectivity index (χ1v) is 6.89. The molecule has 1 unspecified atom stereocenters. The molecule has 2 aromatic carbocycles. The van der Waals surface area contributed by atoms with Crippen LogP contribution in [0.1, 0.15) is 33.9 Å². The van der Waals surface area contributed by atoms with Gasteiger partial charge in [-0.15, -0.1) is 0 Å². The molecule has 0 amide bonds.